The summed E-state index contributed by atoms with van der Waals surface area (Å²) in [5.41, 5.74) is 0.118. The second-order valence-corrected chi connectivity index (χ2v) is 7.15. The molecule has 0 bridgehead atoms. The number of piperidine rings is 1. The zero-order valence-corrected chi connectivity index (χ0v) is 12.7. The summed E-state index contributed by atoms with van der Waals surface area (Å²) in [6.45, 7) is 5.91. The minimum atomic E-state index is -0.719. The van der Waals surface area contributed by atoms with Gasteiger partial charge in [-0.3, -0.25) is 9.59 Å². The number of nitrogens with zero attached hydrogens (tertiary/aromatic N) is 1. The van der Waals surface area contributed by atoms with Crippen LogP contribution in [-0.2, 0) is 9.59 Å². The minimum absolute atomic E-state index is 0.118. The first-order chi connectivity index (χ1) is 9.40. The molecule has 2 aliphatic rings. The van der Waals surface area contributed by atoms with E-state index < -0.39 is 5.97 Å². The monoisotopic (exact) mass is 281 g/mol. The van der Waals surface area contributed by atoms with E-state index in [1.54, 1.807) is 0 Å². The maximum Gasteiger partial charge on any atom is 0.303 e. The van der Waals surface area contributed by atoms with Crippen molar-refractivity contribution < 1.29 is 14.7 Å². The van der Waals surface area contributed by atoms with Crippen molar-refractivity contribution >= 4 is 11.9 Å². The molecule has 0 aromatic heterocycles. The molecule has 1 aliphatic heterocycles. The number of amides is 1. The zero-order valence-electron chi connectivity index (χ0n) is 12.7. The Balaban J connectivity index is 1.89. The first-order valence-electron chi connectivity index (χ1n) is 7.91. The number of aliphatic carboxylic acids is 1. The van der Waals surface area contributed by atoms with Crippen LogP contribution in [-0.4, -0.2) is 35.0 Å². The van der Waals surface area contributed by atoms with Crippen LogP contribution in [0.3, 0.4) is 0 Å². The Hall–Kier alpha value is -1.06. The Morgan fingerprint density at radius 3 is 2.35 bits per heavy atom. The lowest BCUT2D eigenvalue weighted by atomic mass is 9.68. The molecule has 1 saturated carbocycles. The lowest BCUT2D eigenvalue weighted by Crippen LogP contribution is -2.46. The molecule has 2 fully saturated rings. The molecule has 2 rings (SSSR count). The SMILES string of the molecule is CC1(C)CCCCC1C(=O)N1CCC(CC(=O)O)CC1. The summed E-state index contributed by atoms with van der Waals surface area (Å²) < 4.78 is 0. The fourth-order valence-corrected chi connectivity index (χ4v) is 3.78. The lowest BCUT2D eigenvalue weighted by molar-refractivity contribution is -0.143. The lowest BCUT2D eigenvalue weighted by Gasteiger charge is -2.42. The number of carbonyl (C=O) groups excluding carboxylic acids is 1. The average Bonchev–Trinajstić information content (AvgIpc) is 2.37. The molecule has 4 nitrogen and oxygen atoms in total. The third kappa shape index (κ3) is 3.53. The van der Waals surface area contributed by atoms with Crippen LogP contribution in [0.25, 0.3) is 0 Å². The van der Waals surface area contributed by atoms with E-state index in [2.05, 4.69) is 13.8 Å². The largest absolute Gasteiger partial charge is 0.481 e. The molecule has 1 unspecified atom stereocenters. The van der Waals surface area contributed by atoms with Crippen molar-refractivity contribution in [1.82, 2.24) is 4.90 Å². The maximum absolute atomic E-state index is 12.7. The van der Waals surface area contributed by atoms with E-state index in [1.165, 1.54) is 6.42 Å². The van der Waals surface area contributed by atoms with E-state index in [0.717, 1.165) is 45.2 Å². The van der Waals surface area contributed by atoms with Crippen LogP contribution in [0.1, 0.15) is 58.8 Å². The van der Waals surface area contributed by atoms with Gasteiger partial charge >= 0.3 is 5.97 Å². The molecule has 1 amide bonds. The molecular weight excluding hydrogens is 254 g/mol. The van der Waals surface area contributed by atoms with Gasteiger partial charge in [-0.15, -0.1) is 0 Å². The van der Waals surface area contributed by atoms with Gasteiger partial charge in [-0.2, -0.15) is 0 Å². The minimum Gasteiger partial charge on any atom is -0.481 e. The molecule has 1 aliphatic carbocycles. The van der Waals surface area contributed by atoms with E-state index in [4.69, 9.17) is 5.11 Å². The van der Waals surface area contributed by atoms with Crippen LogP contribution in [0.15, 0.2) is 0 Å². The fourth-order valence-electron chi connectivity index (χ4n) is 3.78. The molecule has 1 atom stereocenters. The molecule has 20 heavy (non-hydrogen) atoms. The van der Waals surface area contributed by atoms with Gasteiger partial charge < -0.3 is 10.0 Å². The van der Waals surface area contributed by atoms with Gasteiger partial charge in [0.25, 0.3) is 0 Å². The van der Waals surface area contributed by atoms with Crippen LogP contribution in [0.5, 0.6) is 0 Å². The number of likely N-dealkylation sites (tertiary alicyclic amines) is 1. The van der Waals surface area contributed by atoms with E-state index in [-0.39, 0.29) is 23.7 Å². The standard InChI is InChI=1S/C16H27NO3/c1-16(2)8-4-3-5-13(16)15(20)17-9-6-12(7-10-17)11-14(18)19/h12-13H,3-11H2,1-2H3,(H,18,19). The van der Waals surface area contributed by atoms with Crippen LogP contribution < -0.4 is 0 Å². The van der Waals surface area contributed by atoms with Crippen molar-refractivity contribution in [3.8, 4) is 0 Å². The first-order valence-corrected chi connectivity index (χ1v) is 7.91. The second kappa shape index (κ2) is 6.15. The summed E-state index contributed by atoms with van der Waals surface area (Å²) in [6.07, 6.45) is 6.47. The van der Waals surface area contributed by atoms with Gasteiger partial charge in [0.05, 0.1) is 0 Å². The summed E-state index contributed by atoms with van der Waals surface area (Å²) >= 11 is 0. The van der Waals surface area contributed by atoms with Crippen molar-refractivity contribution in [2.45, 2.75) is 58.8 Å². The molecule has 4 heteroatoms. The van der Waals surface area contributed by atoms with Gasteiger partial charge in [0.1, 0.15) is 0 Å². The Labute approximate surface area is 121 Å². The fraction of sp³-hybridized carbons (Fsp3) is 0.875. The van der Waals surface area contributed by atoms with Crippen LogP contribution in [0.4, 0.5) is 0 Å². The number of carbonyl (C=O) groups is 2. The smallest absolute Gasteiger partial charge is 0.303 e. The normalized spacial score (nSPS) is 27.3. The van der Waals surface area contributed by atoms with E-state index in [0.29, 0.717) is 5.91 Å². The number of carboxylic acids is 1. The molecule has 114 valence electrons. The third-order valence-corrected chi connectivity index (χ3v) is 5.19. The van der Waals surface area contributed by atoms with Gasteiger partial charge in [-0.05, 0) is 37.0 Å². The van der Waals surface area contributed by atoms with Crippen LogP contribution in [0, 0.1) is 17.3 Å². The van der Waals surface area contributed by atoms with Gasteiger partial charge in [0.15, 0.2) is 0 Å². The van der Waals surface area contributed by atoms with Gasteiger partial charge in [0, 0.05) is 25.4 Å². The van der Waals surface area contributed by atoms with Crippen molar-refractivity contribution in [2.75, 3.05) is 13.1 Å². The van der Waals surface area contributed by atoms with Gasteiger partial charge in [-0.25, -0.2) is 0 Å². The maximum atomic E-state index is 12.7. The number of carboxylic acid groups (broad SMARTS) is 1. The molecular formula is C16H27NO3. The van der Waals surface area contributed by atoms with E-state index in [1.807, 2.05) is 4.90 Å². The van der Waals surface area contributed by atoms with Crippen molar-refractivity contribution in [2.24, 2.45) is 17.3 Å². The summed E-state index contributed by atoms with van der Waals surface area (Å²) in [4.78, 5) is 25.4. The molecule has 0 aromatic carbocycles. The quantitative estimate of drug-likeness (QED) is 0.865. The van der Waals surface area contributed by atoms with Crippen LogP contribution in [0.2, 0.25) is 0 Å². The molecule has 1 heterocycles. The van der Waals surface area contributed by atoms with Crippen LogP contribution >= 0.6 is 0 Å². The summed E-state index contributed by atoms with van der Waals surface area (Å²) in [5.74, 6) is -0.00476. The summed E-state index contributed by atoms with van der Waals surface area (Å²) in [5, 5.41) is 8.83. The highest BCUT2D eigenvalue weighted by molar-refractivity contribution is 5.80. The van der Waals surface area contributed by atoms with E-state index in [9.17, 15) is 9.59 Å². The third-order valence-electron chi connectivity index (χ3n) is 5.19. The molecule has 0 aromatic rings. The zero-order chi connectivity index (χ0) is 14.8. The van der Waals surface area contributed by atoms with E-state index >= 15 is 0 Å². The number of hydrogen-bond acceptors (Lipinski definition) is 2. The summed E-state index contributed by atoms with van der Waals surface area (Å²) in [6, 6.07) is 0. The van der Waals surface area contributed by atoms with Gasteiger partial charge in [-0.1, -0.05) is 26.7 Å². The predicted molar refractivity (Wildman–Crippen MR) is 77.3 cm³/mol. The number of hydrogen-bond donors (Lipinski definition) is 1. The van der Waals surface area contributed by atoms with Gasteiger partial charge in [0.2, 0.25) is 5.91 Å². The molecule has 0 spiro atoms. The van der Waals surface area contributed by atoms with Crippen molar-refractivity contribution in [3.63, 3.8) is 0 Å². The highest BCUT2D eigenvalue weighted by Gasteiger charge is 2.39. The summed E-state index contributed by atoms with van der Waals surface area (Å²) in [7, 11) is 0. The Bertz CT molecular complexity index is 370. The Morgan fingerprint density at radius 1 is 1.15 bits per heavy atom. The van der Waals surface area contributed by atoms with Crippen molar-refractivity contribution in [1.29, 1.82) is 0 Å². The predicted octanol–water partition coefficient (Wildman–Crippen LogP) is 2.92. The Kier molecular flexibility index (Phi) is 4.71. The first kappa shape index (κ1) is 15.3. The second-order valence-electron chi connectivity index (χ2n) is 7.15. The highest BCUT2D eigenvalue weighted by Crippen LogP contribution is 2.41. The molecule has 1 N–H and O–H groups in total. The highest BCUT2D eigenvalue weighted by atomic mass is 16.4. The average molecular weight is 281 g/mol. The topological polar surface area (TPSA) is 57.6 Å². The molecule has 1 saturated heterocycles. The number of rotatable bonds is 3. The Morgan fingerprint density at radius 2 is 1.80 bits per heavy atom. The van der Waals surface area contributed by atoms with Crippen molar-refractivity contribution in [3.05, 3.63) is 0 Å². The molecule has 0 radical (unpaired) electrons.